The number of hydrogen-bond donors (Lipinski definition) is 0. The molecule has 7 heterocycles. The van der Waals surface area contributed by atoms with Crippen LogP contribution in [-0.4, -0.2) is 34.9 Å². The summed E-state index contributed by atoms with van der Waals surface area (Å²) in [5.74, 6) is 0. The summed E-state index contributed by atoms with van der Waals surface area (Å²) in [6.07, 6.45) is 1.83. The third-order valence-corrected chi connectivity index (χ3v) is 28.3. The molecule has 0 aliphatic heterocycles. The van der Waals surface area contributed by atoms with Crippen LogP contribution in [0.25, 0.3) is 221 Å². The summed E-state index contributed by atoms with van der Waals surface area (Å²) < 4.78 is 14.9. The van der Waals surface area contributed by atoms with Crippen LogP contribution in [0.2, 0.25) is 0 Å². The Kier molecular flexibility index (Phi) is 20.8. The predicted molar refractivity (Wildman–Crippen MR) is 553 cm³/mol. The maximum atomic E-state index is 14.9. The van der Waals surface area contributed by atoms with Gasteiger partial charge in [-0.05, 0) is 87.0 Å². The monoisotopic (exact) mass is 1700 g/mol. The lowest BCUT2D eigenvalue weighted by Gasteiger charge is -2.20. The first-order valence-corrected chi connectivity index (χ1v) is 46.2. The molecule has 0 saturated heterocycles. The van der Waals surface area contributed by atoms with Gasteiger partial charge in [-0.25, -0.2) is 29.9 Å². The molecular formula is C123H80N7OP. The van der Waals surface area contributed by atoms with Crippen LogP contribution in [0.1, 0.15) is 0 Å². The molecule has 0 unspecified atom stereocenters. The van der Waals surface area contributed by atoms with Gasteiger partial charge in [-0.3, -0.25) is 4.98 Å². The summed E-state index contributed by atoms with van der Waals surface area (Å²) in [5, 5.41) is 17.2. The molecule has 0 spiro atoms. The fraction of sp³-hybridized carbons (Fsp3) is 0. The van der Waals surface area contributed by atoms with E-state index in [0.29, 0.717) is 0 Å². The smallest absolute Gasteiger partial charge is 0.171 e. The highest BCUT2D eigenvalue weighted by Gasteiger charge is 2.30. The number of fused-ring (bicyclic) bond motifs is 15. The number of rotatable bonds is 13. The van der Waals surface area contributed by atoms with E-state index in [1.165, 1.54) is 49.5 Å². The van der Waals surface area contributed by atoms with Gasteiger partial charge >= 0.3 is 0 Å². The number of nitrogens with zero attached hydrogens (tertiary/aromatic N) is 7. The van der Waals surface area contributed by atoms with E-state index in [9.17, 15) is 4.57 Å². The summed E-state index contributed by atoms with van der Waals surface area (Å²) in [7, 11) is -3.04. The molecule has 18 aromatic carbocycles. The Morgan fingerprint density at radius 3 is 0.818 bits per heavy atom. The minimum atomic E-state index is -3.04. The van der Waals surface area contributed by atoms with E-state index in [-0.39, 0.29) is 0 Å². The Hall–Kier alpha value is -17.2. The molecule has 0 N–H and O–H groups in total. The molecule has 25 aromatic rings. The van der Waals surface area contributed by atoms with Crippen LogP contribution >= 0.6 is 7.14 Å². The zero-order valence-corrected chi connectivity index (χ0v) is 72.6. The molecule has 0 amide bonds. The molecular weight excluding hydrogens is 1620 g/mol. The van der Waals surface area contributed by atoms with Gasteiger partial charge in [0.15, 0.2) is 7.14 Å². The fourth-order valence-corrected chi connectivity index (χ4v) is 21.5. The zero-order chi connectivity index (χ0) is 87.8. The largest absolute Gasteiger partial charge is 0.309 e. The summed E-state index contributed by atoms with van der Waals surface area (Å²) in [6, 6.07) is 166. The van der Waals surface area contributed by atoms with E-state index in [2.05, 4.69) is 369 Å². The molecule has 25 rings (SSSR count). The topological polar surface area (TPSA) is 107 Å². The number of benzene rings is 18. The molecule has 0 bridgehead atoms. The molecule has 0 fully saturated rings. The highest BCUT2D eigenvalue weighted by atomic mass is 31.2. The molecule has 9 heteroatoms. The summed E-state index contributed by atoms with van der Waals surface area (Å²) in [4.78, 5) is 35.9. The van der Waals surface area contributed by atoms with Gasteiger partial charge in [0.1, 0.15) is 0 Å². The van der Waals surface area contributed by atoms with Crippen LogP contribution in [0.5, 0.6) is 0 Å². The zero-order valence-electron chi connectivity index (χ0n) is 71.7. The fourth-order valence-electron chi connectivity index (χ4n) is 18.9. The molecule has 0 aliphatic carbocycles. The maximum absolute atomic E-state index is 14.9. The predicted octanol–water partition coefficient (Wildman–Crippen LogP) is 30.7. The Morgan fingerprint density at radius 1 is 0.174 bits per heavy atom. The van der Waals surface area contributed by atoms with Gasteiger partial charge in [0.2, 0.25) is 0 Å². The lowest BCUT2D eigenvalue weighted by atomic mass is 9.92. The van der Waals surface area contributed by atoms with Crippen molar-refractivity contribution in [2.45, 2.75) is 0 Å². The second-order valence-electron chi connectivity index (χ2n) is 33.2. The normalized spacial score (nSPS) is 11.5. The first-order chi connectivity index (χ1) is 65.3. The first-order valence-electron chi connectivity index (χ1n) is 44.5. The molecule has 0 saturated carbocycles. The first kappa shape index (κ1) is 79.5. The van der Waals surface area contributed by atoms with E-state index in [4.69, 9.17) is 29.9 Å². The van der Waals surface area contributed by atoms with Crippen molar-refractivity contribution in [1.82, 2.24) is 34.9 Å². The van der Waals surface area contributed by atoms with Crippen molar-refractivity contribution in [3.05, 3.63) is 485 Å². The quantitative estimate of drug-likeness (QED) is 0.0830. The van der Waals surface area contributed by atoms with Crippen LogP contribution in [0.4, 0.5) is 0 Å². The van der Waals surface area contributed by atoms with Crippen molar-refractivity contribution >= 4 is 132 Å². The second kappa shape index (κ2) is 34.5. The van der Waals surface area contributed by atoms with Crippen LogP contribution in [0.3, 0.4) is 0 Å². The standard InChI is InChI=1S/C43H27N3.C43H30NOP.C37H23N3/c1-4-11-28(12-5-1)34-17-10-18-36-40(34)35-24-21-33(27-39(35)46-41(36)30-15-8-3-9-16-30)38-26-23-32-20-19-31-22-25-37(29-13-6-2-7-14-29)44-42(31)43(32)45-38;45-46(35-18-9-3-10-19-35,36-20-11-4-12-21-36)37-27-24-31(25-28-37)34-26-29-39-41(30-34)44-43(33-16-7-2-8-17-33)40-23-13-22-38(42(39)40)32-14-5-1-6-15-32;1-3-9-24(10-4-1)29-14-7-15-31-34(29)30-20-18-28(23-33(30)40-35(31)25-11-5-2-6-12-25)32-21-19-27-17-16-26-13-8-22-38-36(26)37(27)39-32/h1-27H;1-30H;1-23H. The Balaban J connectivity index is 0.000000113. The SMILES string of the molecule is O=P(c1ccccc1)(c1ccccc1)c1ccc(-c2ccc3c(c2)nc(-c2ccccc2)c2cccc(-c4ccccc4)c23)cc1.c1ccc(-c2ccc3ccc4ccc(-c5ccc6c(c5)nc(-c5ccccc5)c5cccc(-c7ccccc7)c56)nc4c3n2)cc1.c1ccc(-c2nc3cc(-c4ccc5ccc6cccnc6c5n4)ccc3c3c(-c4ccccc4)cccc23)cc1. The van der Waals surface area contributed by atoms with E-state index < -0.39 is 7.14 Å². The Bertz CT molecular complexity index is 8710. The van der Waals surface area contributed by atoms with Crippen LogP contribution < -0.4 is 15.9 Å². The van der Waals surface area contributed by atoms with E-state index in [0.717, 1.165) is 187 Å². The summed E-state index contributed by atoms with van der Waals surface area (Å²) in [5.41, 5.74) is 27.9. The molecule has 132 heavy (non-hydrogen) atoms. The van der Waals surface area contributed by atoms with Crippen LogP contribution in [-0.2, 0) is 4.57 Å². The third kappa shape index (κ3) is 14.9. The lowest BCUT2D eigenvalue weighted by Crippen LogP contribution is -2.24. The Morgan fingerprint density at radius 2 is 0.455 bits per heavy atom. The van der Waals surface area contributed by atoms with Crippen molar-refractivity contribution in [2.24, 2.45) is 0 Å². The van der Waals surface area contributed by atoms with Crippen LogP contribution in [0, 0.1) is 0 Å². The minimum Gasteiger partial charge on any atom is -0.309 e. The van der Waals surface area contributed by atoms with Crippen molar-refractivity contribution in [3.8, 4) is 112 Å². The highest BCUT2D eigenvalue weighted by molar-refractivity contribution is 7.85. The molecule has 0 aliphatic rings. The number of pyridine rings is 7. The molecule has 0 atom stereocenters. The molecule has 618 valence electrons. The van der Waals surface area contributed by atoms with E-state index in [1.807, 2.05) is 121 Å². The third-order valence-electron chi connectivity index (χ3n) is 25.3. The van der Waals surface area contributed by atoms with E-state index in [1.54, 1.807) is 0 Å². The van der Waals surface area contributed by atoms with Gasteiger partial charge in [-0.15, -0.1) is 0 Å². The van der Waals surface area contributed by atoms with Gasteiger partial charge in [0, 0.05) is 126 Å². The van der Waals surface area contributed by atoms with Gasteiger partial charge in [0.25, 0.3) is 0 Å². The van der Waals surface area contributed by atoms with Crippen molar-refractivity contribution in [1.29, 1.82) is 0 Å². The molecule has 7 aromatic heterocycles. The average Bonchev–Trinajstić information content (AvgIpc) is 0.720. The molecule has 8 nitrogen and oxygen atoms in total. The highest BCUT2D eigenvalue weighted by Crippen LogP contribution is 2.47. The second-order valence-corrected chi connectivity index (χ2v) is 35.9. The van der Waals surface area contributed by atoms with E-state index >= 15 is 0 Å². The number of hydrogen-bond acceptors (Lipinski definition) is 8. The Labute approximate surface area is 763 Å². The van der Waals surface area contributed by atoms with Gasteiger partial charge in [0.05, 0.1) is 72.8 Å². The molecule has 0 radical (unpaired) electrons. The number of aromatic nitrogens is 7. The summed E-state index contributed by atoms with van der Waals surface area (Å²) >= 11 is 0. The maximum Gasteiger partial charge on any atom is 0.171 e. The van der Waals surface area contributed by atoms with Gasteiger partial charge in [-0.1, -0.05) is 437 Å². The summed E-state index contributed by atoms with van der Waals surface area (Å²) in [6.45, 7) is 0. The minimum absolute atomic E-state index is 0.817. The van der Waals surface area contributed by atoms with Crippen molar-refractivity contribution in [2.75, 3.05) is 0 Å². The van der Waals surface area contributed by atoms with Gasteiger partial charge in [-0.2, -0.15) is 0 Å². The van der Waals surface area contributed by atoms with Crippen LogP contribution in [0.15, 0.2) is 485 Å². The van der Waals surface area contributed by atoms with Crippen molar-refractivity contribution in [3.63, 3.8) is 0 Å². The lowest BCUT2D eigenvalue weighted by molar-refractivity contribution is 0.592. The van der Waals surface area contributed by atoms with Crippen molar-refractivity contribution < 1.29 is 4.57 Å². The van der Waals surface area contributed by atoms with Gasteiger partial charge < -0.3 is 4.57 Å². The average molecular weight is 1700 g/mol.